The van der Waals surface area contributed by atoms with Gasteiger partial charge in [0.25, 0.3) is 0 Å². The van der Waals surface area contributed by atoms with Crippen molar-refractivity contribution >= 4 is 29.3 Å². The summed E-state index contributed by atoms with van der Waals surface area (Å²) in [6.45, 7) is 4.66. The third-order valence-corrected chi connectivity index (χ3v) is 5.00. The van der Waals surface area contributed by atoms with Crippen molar-refractivity contribution in [3.63, 3.8) is 0 Å². The second kappa shape index (κ2) is 9.39. The van der Waals surface area contributed by atoms with Crippen LogP contribution in [0.4, 0.5) is 0 Å². The van der Waals surface area contributed by atoms with E-state index in [1.165, 1.54) is 11.8 Å². The molecule has 0 aliphatic carbocycles. The maximum atomic E-state index is 11.9. The van der Waals surface area contributed by atoms with E-state index in [9.17, 15) is 4.79 Å². The highest BCUT2D eigenvalue weighted by Crippen LogP contribution is 2.26. The van der Waals surface area contributed by atoms with Crippen molar-refractivity contribution in [1.82, 2.24) is 20.1 Å². The fourth-order valence-electron chi connectivity index (χ4n) is 2.48. The molecular weight excluding hydrogens is 380 g/mol. The number of carbonyl (C=O) groups excluding carboxylic acids is 1. The van der Waals surface area contributed by atoms with Gasteiger partial charge < -0.3 is 5.32 Å². The quantitative estimate of drug-likeness (QED) is 0.459. The Morgan fingerprint density at radius 3 is 2.59 bits per heavy atom. The predicted octanol–water partition coefficient (Wildman–Crippen LogP) is 4.04. The number of nitrogens with one attached hydrogen (secondary N) is 1. The third kappa shape index (κ3) is 5.21. The van der Waals surface area contributed by atoms with Gasteiger partial charge in [-0.1, -0.05) is 59.8 Å². The van der Waals surface area contributed by atoms with Crippen molar-refractivity contribution < 1.29 is 4.79 Å². The minimum atomic E-state index is -0.0674. The molecule has 0 aliphatic heterocycles. The average Bonchev–Trinajstić information content (AvgIpc) is 3.08. The molecule has 3 aromatic rings. The van der Waals surface area contributed by atoms with E-state index in [1.54, 1.807) is 6.08 Å². The summed E-state index contributed by atoms with van der Waals surface area (Å²) >= 11 is 7.36. The summed E-state index contributed by atoms with van der Waals surface area (Å²) in [6.07, 6.45) is 1.65. The number of hydrogen-bond donors (Lipinski definition) is 1. The molecule has 0 aliphatic rings. The van der Waals surface area contributed by atoms with Crippen molar-refractivity contribution in [2.45, 2.75) is 11.7 Å². The fourth-order valence-corrected chi connectivity index (χ4v) is 3.38. The van der Waals surface area contributed by atoms with Crippen LogP contribution in [0.2, 0.25) is 5.02 Å². The van der Waals surface area contributed by atoms with Crippen LogP contribution in [0, 0.1) is 0 Å². The van der Waals surface area contributed by atoms with Crippen molar-refractivity contribution in [1.29, 1.82) is 0 Å². The molecule has 1 amide bonds. The highest BCUT2D eigenvalue weighted by Gasteiger charge is 2.16. The Morgan fingerprint density at radius 2 is 1.89 bits per heavy atom. The summed E-state index contributed by atoms with van der Waals surface area (Å²) in [6, 6.07) is 17.6. The maximum absolute atomic E-state index is 11.9. The van der Waals surface area contributed by atoms with E-state index in [0.29, 0.717) is 23.3 Å². The number of nitrogens with zero attached hydrogens (tertiary/aromatic N) is 3. The topological polar surface area (TPSA) is 59.8 Å². The Balaban J connectivity index is 1.87. The van der Waals surface area contributed by atoms with Gasteiger partial charge in [-0.25, -0.2) is 0 Å². The van der Waals surface area contributed by atoms with Crippen LogP contribution in [0.3, 0.4) is 0 Å². The van der Waals surface area contributed by atoms with Crippen LogP contribution in [-0.2, 0) is 11.3 Å². The summed E-state index contributed by atoms with van der Waals surface area (Å²) in [7, 11) is 0. The monoisotopic (exact) mass is 398 g/mol. The van der Waals surface area contributed by atoms with E-state index < -0.39 is 0 Å². The normalized spacial score (nSPS) is 10.6. The van der Waals surface area contributed by atoms with Crippen LogP contribution < -0.4 is 5.32 Å². The molecule has 0 radical (unpaired) electrons. The zero-order chi connectivity index (χ0) is 19.1. The second-order valence-corrected chi connectivity index (χ2v) is 7.15. The Kier molecular flexibility index (Phi) is 6.68. The minimum Gasteiger partial charge on any atom is -0.352 e. The van der Waals surface area contributed by atoms with Crippen LogP contribution in [-0.4, -0.2) is 33.0 Å². The summed E-state index contributed by atoms with van der Waals surface area (Å²) in [5.74, 6) is 0.938. The van der Waals surface area contributed by atoms with Gasteiger partial charge in [-0.2, -0.15) is 0 Å². The standard InChI is InChI=1S/C20H19ClN4OS/c1-2-12-22-18(26)14-27-20-24-23-19(16-8-10-17(21)11-9-16)25(20)13-15-6-4-3-5-7-15/h2-11H,1,12-14H2,(H,22,26). The number of benzene rings is 2. The lowest BCUT2D eigenvalue weighted by Crippen LogP contribution is -2.25. The van der Waals surface area contributed by atoms with Gasteiger partial charge in [0.05, 0.1) is 12.3 Å². The first kappa shape index (κ1) is 19.2. The predicted molar refractivity (Wildman–Crippen MR) is 110 cm³/mol. The molecule has 1 heterocycles. The van der Waals surface area contributed by atoms with Gasteiger partial charge in [-0.05, 0) is 29.8 Å². The summed E-state index contributed by atoms with van der Waals surface area (Å²) in [5.41, 5.74) is 2.05. The van der Waals surface area contributed by atoms with Gasteiger partial charge in [0.1, 0.15) is 0 Å². The first-order valence-electron chi connectivity index (χ1n) is 8.41. The van der Waals surface area contributed by atoms with Gasteiger partial charge in [0.15, 0.2) is 11.0 Å². The number of carbonyl (C=O) groups is 1. The molecule has 0 fully saturated rings. The van der Waals surface area contributed by atoms with Crippen LogP contribution in [0.25, 0.3) is 11.4 Å². The maximum Gasteiger partial charge on any atom is 0.230 e. The van der Waals surface area contributed by atoms with Crippen LogP contribution in [0.5, 0.6) is 0 Å². The highest BCUT2D eigenvalue weighted by molar-refractivity contribution is 7.99. The number of hydrogen-bond acceptors (Lipinski definition) is 4. The van der Waals surface area contributed by atoms with E-state index in [-0.39, 0.29) is 11.7 Å². The van der Waals surface area contributed by atoms with E-state index in [4.69, 9.17) is 11.6 Å². The smallest absolute Gasteiger partial charge is 0.230 e. The highest BCUT2D eigenvalue weighted by atomic mass is 35.5. The summed E-state index contributed by atoms with van der Waals surface area (Å²) < 4.78 is 2.02. The Labute approximate surface area is 167 Å². The van der Waals surface area contributed by atoms with E-state index in [0.717, 1.165) is 17.0 Å². The van der Waals surface area contributed by atoms with Gasteiger partial charge in [0, 0.05) is 17.1 Å². The van der Waals surface area contributed by atoms with Gasteiger partial charge in [-0.15, -0.1) is 16.8 Å². The second-order valence-electron chi connectivity index (χ2n) is 5.77. The zero-order valence-corrected chi connectivity index (χ0v) is 16.2. The Bertz CT molecular complexity index is 909. The average molecular weight is 399 g/mol. The molecule has 7 heteroatoms. The molecule has 138 valence electrons. The van der Waals surface area contributed by atoms with Crippen LogP contribution in [0.1, 0.15) is 5.56 Å². The first-order valence-corrected chi connectivity index (χ1v) is 9.77. The van der Waals surface area contributed by atoms with E-state index >= 15 is 0 Å². The van der Waals surface area contributed by atoms with Crippen molar-refractivity contribution in [2.75, 3.05) is 12.3 Å². The fraction of sp³-hybridized carbons (Fsp3) is 0.150. The first-order chi connectivity index (χ1) is 13.2. The lowest BCUT2D eigenvalue weighted by Gasteiger charge is -2.10. The molecule has 0 saturated carbocycles. The molecule has 0 spiro atoms. The van der Waals surface area contributed by atoms with E-state index in [2.05, 4.69) is 34.2 Å². The van der Waals surface area contributed by atoms with Crippen molar-refractivity contribution in [3.05, 3.63) is 77.8 Å². The van der Waals surface area contributed by atoms with Gasteiger partial charge in [-0.3, -0.25) is 9.36 Å². The van der Waals surface area contributed by atoms with Gasteiger partial charge >= 0.3 is 0 Å². The number of thioether (sulfide) groups is 1. The molecule has 5 nitrogen and oxygen atoms in total. The number of aromatic nitrogens is 3. The minimum absolute atomic E-state index is 0.0674. The molecule has 2 aromatic carbocycles. The molecule has 0 atom stereocenters. The molecule has 1 N–H and O–H groups in total. The molecule has 0 unspecified atom stereocenters. The molecule has 3 rings (SSSR count). The number of rotatable bonds is 8. The lowest BCUT2D eigenvalue weighted by molar-refractivity contribution is -0.118. The molecule has 1 aromatic heterocycles. The molecule has 27 heavy (non-hydrogen) atoms. The molecular formula is C20H19ClN4OS. The zero-order valence-electron chi connectivity index (χ0n) is 14.6. The van der Waals surface area contributed by atoms with Crippen LogP contribution in [0.15, 0.2) is 72.4 Å². The third-order valence-electron chi connectivity index (χ3n) is 3.78. The SMILES string of the molecule is C=CCNC(=O)CSc1nnc(-c2ccc(Cl)cc2)n1Cc1ccccc1. The van der Waals surface area contributed by atoms with Crippen molar-refractivity contribution in [3.8, 4) is 11.4 Å². The summed E-state index contributed by atoms with van der Waals surface area (Å²) in [5, 5.41) is 12.8. The Hall–Kier alpha value is -2.57. The van der Waals surface area contributed by atoms with Gasteiger partial charge in [0.2, 0.25) is 5.91 Å². The van der Waals surface area contributed by atoms with Crippen molar-refractivity contribution in [2.24, 2.45) is 0 Å². The summed E-state index contributed by atoms with van der Waals surface area (Å²) in [4.78, 5) is 11.9. The lowest BCUT2D eigenvalue weighted by atomic mass is 10.2. The Morgan fingerprint density at radius 1 is 1.15 bits per heavy atom. The molecule has 0 saturated heterocycles. The number of halogens is 1. The largest absolute Gasteiger partial charge is 0.352 e. The van der Waals surface area contributed by atoms with Crippen LogP contribution >= 0.6 is 23.4 Å². The number of amides is 1. The van der Waals surface area contributed by atoms with E-state index in [1.807, 2.05) is 47.0 Å². The molecule has 0 bridgehead atoms.